The molecule has 1 heterocycles. The van der Waals surface area contributed by atoms with Crippen LogP contribution >= 0.6 is 34.5 Å². The van der Waals surface area contributed by atoms with E-state index in [-0.39, 0.29) is 23.5 Å². The van der Waals surface area contributed by atoms with Crippen molar-refractivity contribution in [3.05, 3.63) is 49.8 Å². The normalized spacial score (nSPS) is 16.1. The molecule has 0 radical (unpaired) electrons. The van der Waals surface area contributed by atoms with E-state index in [2.05, 4.69) is 12.2 Å². The molecule has 3 rings (SSSR count). The summed E-state index contributed by atoms with van der Waals surface area (Å²) in [5.74, 6) is -0.501. The van der Waals surface area contributed by atoms with Crippen molar-refractivity contribution in [1.29, 1.82) is 0 Å². The topological polar surface area (TPSA) is 55.4 Å². The average molecular weight is 412 g/mol. The van der Waals surface area contributed by atoms with Crippen molar-refractivity contribution in [2.75, 3.05) is 11.9 Å². The highest BCUT2D eigenvalue weighted by Crippen LogP contribution is 2.44. The summed E-state index contributed by atoms with van der Waals surface area (Å²) in [6.07, 6.45) is 3.01. The van der Waals surface area contributed by atoms with Crippen molar-refractivity contribution in [1.82, 2.24) is 0 Å². The van der Waals surface area contributed by atoms with Crippen LogP contribution in [0.5, 0.6) is 0 Å². The van der Waals surface area contributed by atoms with Gasteiger partial charge in [-0.3, -0.25) is 4.79 Å². The Labute approximate surface area is 166 Å². The molecule has 1 N–H and O–H groups in total. The Morgan fingerprint density at radius 1 is 1.35 bits per heavy atom. The van der Waals surface area contributed by atoms with Gasteiger partial charge in [-0.2, -0.15) is 0 Å². The fourth-order valence-electron chi connectivity index (χ4n) is 3.25. The number of nitrogens with one attached hydrogen (secondary N) is 1. The first-order chi connectivity index (χ1) is 12.4. The molecule has 2 aromatic rings. The maximum atomic E-state index is 12.7. The lowest BCUT2D eigenvalue weighted by Crippen LogP contribution is -2.16. The minimum Gasteiger partial charge on any atom is -0.462 e. The van der Waals surface area contributed by atoms with Gasteiger partial charge in [0.25, 0.3) is 5.91 Å². The van der Waals surface area contributed by atoms with Crippen LogP contribution in [-0.4, -0.2) is 18.5 Å². The van der Waals surface area contributed by atoms with Crippen LogP contribution in [0.25, 0.3) is 0 Å². The zero-order chi connectivity index (χ0) is 18.8. The highest BCUT2D eigenvalue weighted by atomic mass is 35.5. The Kier molecular flexibility index (Phi) is 5.90. The molecule has 0 saturated carbocycles. The van der Waals surface area contributed by atoms with Gasteiger partial charge in [-0.1, -0.05) is 30.1 Å². The second kappa shape index (κ2) is 7.99. The minimum atomic E-state index is -0.392. The molecule has 7 heteroatoms. The lowest BCUT2D eigenvalue weighted by atomic mass is 9.86. The molecule has 1 aliphatic carbocycles. The molecule has 138 valence electrons. The van der Waals surface area contributed by atoms with Gasteiger partial charge in [-0.15, -0.1) is 11.3 Å². The van der Waals surface area contributed by atoms with E-state index in [0.717, 1.165) is 29.7 Å². The van der Waals surface area contributed by atoms with Crippen molar-refractivity contribution in [2.24, 2.45) is 0 Å². The Balaban J connectivity index is 1.99. The van der Waals surface area contributed by atoms with Gasteiger partial charge in [0.05, 0.1) is 22.8 Å². The molecular formula is C19H19Cl2NO3S. The third-order valence-corrected chi connectivity index (χ3v) is 6.17. The van der Waals surface area contributed by atoms with E-state index >= 15 is 0 Å². The number of carbonyl (C=O) groups excluding carboxylic acids is 2. The van der Waals surface area contributed by atoms with Crippen LogP contribution in [0.1, 0.15) is 63.8 Å². The first-order valence-corrected chi connectivity index (χ1v) is 10.1. The number of anilines is 1. The third kappa shape index (κ3) is 3.75. The number of ether oxygens (including phenoxy) is 1. The van der Waals surface area contributed by atoms with E-state index in [4.69, 9.17) is 27.9 Å². The van der Waals surface area contributed by atoms with Gasteiger partial charge in [0, 0.05) is 9.90 Å². The zero-order valence-electron chi connectivity index (χ0n) is 14.5. The van der Waals surface area contributed by atoms with Crippen LogP contribution in [0.3, 0.4) is 0 Å². The molecule has 0 aliphatic heterocycles. The number of halogens is 2. The fourth-order valence-corrected chi connectivity index (χ4v) is 5.09. The summed E-state index contributed by atoms with van der Waals surface area (Å²) in [7, 11) is 0. The lowest BCUT2D eigenvalue weighted by molar-refractivity contribution is 0.0526. The Morgan fingerprint density at radius 2 is 2.12 bits per heavy atom. The molecule has 0 bridgehead atoms. The molecule has 1 aromatic heterocycles. The Bertz CT molecular complexity index is 863. The Hall–Kier alpha value is -1.56. The number of amides is 1. The molecule has 4 nitrogen and oxygen atoms in total. The second-order valence-corrected chi connectivity index (χ2v) is 8.18. The third-order valence-electron chi connectivity index (χ3n) is 4.44. The maximum Gasteiger partial charge on any atom is 0.341 e. The van der Waals surface area contributed by atoms with Gasteiger partial charge >= 0.3 is 5.97 Å². The number of thiophene rings is 1. The summed E-state index contributed by atoms with van der Waals surface area (Å²) in [6.45, 7) is 4.16. The van der Waals surface area contributed by atoms with Gasteiger partial charge in [0.1, 0.15) is 5.00 Å². The molecule has 0 fully saturated rings. The first kappa shape index (κ1) is 19.2. The van der Waals surface area contributed by atoms with E-state index in [1.54, 1.807) is 19.1 Å². The molecule has 0 spiro atoms. The second-order valence-electron chi connectivity index (χ2n) is 6.24. The molecule has 0 saturated heterocycles. The summed E-state index contributed by atoms with van der Waals surface area (Å²) in [6, 6.07) is 4.70. The molecule has 1 amide bonds. The van der Waals surface area contributed by atoms with Gasteiger partial charge in [-0.25, -0.2) is 4.79 Å². The fraction of sp³-hybridized carbons (Fsp3) is 0.368. The predicted molar refractivity (Wildman–Crippen MR) is 106 cm³/mol. The smallest absolute Gasteiger partial charge is 0.341 e. The molecule has 26 heavy (non-hydrogen) atoms. The van der Waals surface area contributed by atoms with Crippen LogP contribution in [0, 0.1) is 0 Å². The number of benzene rings is 1. The summed E-state index contributed by atoms with van der Waals surface area (Å²) in [5, 5.41) is 4.11. The maximum absolute atomic E-state index is 12.7. The van der Waals surface area contributed by atoms with Gasteiger partial charge in [0.2, 0.25) is 0 Å². The highest BCUT2D eigenvalue weighted by molar-refractivity contribution is 7.17. The van der Waals surface area contributed by atoms with Gasteiger partial charge in [0.15, 0.2) is 0 Å². The number of aryl methyl sites for hydroxylation is 1. The molecule has 1 aromatic carbocycles. The van der Waals surface area contributed by atoms with Crippen molar-refractivity contribution in [2.45, 2.75) is 39.0 Å². The standard InChI is InChI=1S/C19H19Cl2NO3S/c1-3-25-19(24)16-15-10(2)5-4-6-14(15)26-18(16)22-17(23)12-8-7-11(20)9-13(12)21/h7-10H,3-6H2,1-2H3,(H,22,23). The Morgan fingerprint density at radius 3 is 2.81 bits per heavy atom. The van der Waals surface area contributed by atoms with Crippen LogP contribution in [0.4, 0.5) is 5.00 Å². The summed E-state index contributed by atoms with van der Waals surface area (Å²) in [4.78, 5) is 26.4. The monoisotopic (exact) mass is 411 g/mol. The van der Waals surface area contributed by atoms with E-state index < -0.39 is 5.97 Å². The lowest BCUT2D eigenvalue weighted by Gasteiger charge is -2.19. The number of carbonyl (C=O) groups is 2. The van der Waals surface area contributed by atoms with Crippen molar-refractivity contribution in [3.8, 4) is 0 Å². The van der Waals surface area contributed by atoms with Crippen LogP contribution in [-0.2, 0) is 11.2 Å². The number of fused-ring (bicyclic) bond motifs is 1. The van der Waals surface area contributed by atoms with Crippen LogP contribution in [0.2, 0.25) is 10.0 Å². The molecular weight excluding hydrogens is 393 g/mol. The highest BCUT2D eigenvalue weighted by Gasteiger charge is 2.31. The van der Waals surface area contributed by atoms with E-state index in [0.29, 0.717) is 21.2 Å². The zero-order valence-corrected chi connectivity index (χ0v) is 16.9. The molecule has 1 atom stereocenters. The van der Waals surface area contributed by atoms with Gasteiger partial charge in [-0.05, 0) is 55.9 Å². The SMILES string of the molecule is CCOC(=O)c1c(NC(=O)c2ccc(Cl)cc2Cl)sc2c1C(C)CCC2. The summed E-state index contributed by atoms with van der Waals surface area (Å²) < 4.78 is 5.24. The van der Waals surface area contributed by atoms with Crippen LogP contribution in [0.15, 0.2) is 18.2 Å². The van der Waals surface area contributed by atoms with E-state index in [9.17, 15) is 9.59 Å². The molecule has 1 aliphatic rings. The largest absolute Gasteiger partial charge is 0.462 e. The van der Waals surface area contributed by atoms with Gasteiger partial charge < -0.3 is 10.1 Å². The van der Waals surface area contributed by atoms with E-state index in [1.165, 1.54) is 17.4 Å². The summed E-state index contributed by atoms with van der Waals surface area (Å²) in [5.41, 5.74) is 1.81. The van der Waals surface area contributed by atoms with Crippen molar-refractivity contribution >= 4 is 51.4 Å². The molecule has 1 unspecified atom stereocenters. The van der Waals surface area contributed by atoms with Crippen molar-refractivity contribution < 1.29 is 14.3 Å². The quantitative estimate of drug-likeness (QED) is 0.634. The minimum absolute atomic E-state index is 0.263. The number of hydrogen-bond donors (Lipinski definition) is 1. The number of esters is 1. The predicted octanol–water partition coefficient (Wildman–Crippen LogP) is 5.92. The summed E-state index contributed by atoms with van der Waals surface area (Å²) >= 11 is 13.5. The van der Waals surface area contributed by atoms with Crippen LogP contribution < -0.4 is 5.32 Å². The number of hydrogen-bond acceptors (Lipinski definition) is 4. The van der Waals surface area contributed by atoms with Crippen molar-refractivity contribution in [3.63, 3.8) is 0 Å². The average Bonchev–Trinajstić information content (AvgIpc) is 2.94. The number of rotatable bonds is 4. The van der Waals surface area contributed by atoms with E-state index in [1.807, 2.05) is 0 Å². The first-order valence-electron chi connectivity index (χ1n) is 8.51.